The van der Waals surface area contributed by atoms with E-state index in [1.807, 2.05) is 25.1 Å². The second kappa shape index (κ2) is 6.07. The summed E-state index contributed by atoms with van der Waals surface area (Å²) in [5.74, 6) is -0.0368. The zero-order chi connectivity index (χ0) is 14.8. The van der Waals surface area contributed by atoms with Crippen LogP contribution in [-0.4, -0.2) is 29.8 Å². The van der Waals surface area contributed by atoms with Gasteiger partial charge in [0.25, 0.3) is 0 Å². The highest BCUT2D eigenvalue weighted by molar-refractivity contribution is 8.00. The quantitative estimate of drug-likeness (QED) is 0.895. The third kappa shape index (κ3) is 3.22. The molecule has 0 saturated carbocycles. The van der Waals surface area contributed by atoms with Crippen LogP contribution in [-0.2, 0) is 20.9 Å². The number of thioether (sulfide) groups is 1. The Kier molecular flexibility index (Phi) is 4.17. The van der Waals surface area contributed by atoms with Gasteiger partial charge in [-0.2, -0.15) is 0 Å². The molecule has 5 nitrogen and oxygen atoms in total. The van der Waals surface area contributed by atoms with Crippen LogP contribution in [0.15, 0.2) is 23.1 Å². The number of hydrogen-bond acceptors (Lipinski definition) is 4. The molecule has 0 spiro atoms. The van der Waals surface area contributed by atoms with E-state index >= 15 is 0 Å². The molecule has 21 heavy (non-hydrogen) atoms. The second-order valence-electron chi connectivity index (χ2n) is 5.30. The van der Waals surface area contributed by atoms with E-state index in [-0.39, 0.29) is 23.2 Å². The van der Waals surface area contributed by atoms with Crippen molar-refractivity contribution in [3.05, 3.63) is 23.8 Å². The summed E-state index contributed by atoms with van der Waals surface area (Å²) in [5, 5.41) is 5.71. The summed E-state index contributed by atoms with van der Waals surface area (Å²) in [5.41, 5.74) is 1.79. The van der Waals surface area contributed by atoms with Crippen LogP contribution < -0.4 is 10.6 Å². The van der Waals surface area contributed by atoms with Crippen molar-refractivity contribution in [1.82, 2.24) is 5.32 Å². The van der Waals surface area contributed by atoms with Gasteiger partial charge in [-0.25, -0.2) is 0 Å². The number of anilines is 1. The summed E-state index contributed by atoms with van der Waals surface area (Å²) in [4.78, 5) is 24.6. The van der Waals surface area contributed by atoms with E-state index < -0.39 is 0 Å². The molecule has 2 N–H and O–H groups in total. The van der Waals surface area contributed by atoms with Gasteiger partial charge in [-0.05, 0) is 37.5 Å². The minimum Gasteiger partial charge on any atom is -0.368 e. The summed E-state index contributed by atoms with van der Waals surface area (Å²) >= 11 is 1.55. The number of benzene rings is 1. The van der Waals surface area contributed by atoms with Crippen LogP contribution in [0.5, 0.6) is 0 Å². The summed E-state index contributed by atoms with van der Waals surface area (Å²) in [6.45, 7) is 3.00. The zero-order valence-electron chi connectivity index (χ0n) is 11.8. The molecular formula is C15H18N2O3S. The van der Waals surface area contributed by atoms with Crippen molar-refractivity contribution in [2.24, 2.45) is 0 Å². The number of hydrogen-bond donors (Lipinski definition) is 2. The predicted molar refractivity (Wildman–Crippen MR) is 81.2 cm³/mol. The molecule has 2 aliphatic heterocycles. The standard InChI is InChI=1S/C15H18N2O3S/c1-9-14(18)17-11-7-10(4-5-13(11)21-9)8-16-15(19)12-3-2-6-20-12/h4-5,7,9,12H,2-3,6,8H2,1H3,(H,16,19)(H,17,18). The fourth-order valence-corrected chi connectivity index (χ4v) is 3.38. The van der Waals surface area contributed by atoms with Gasteiger partial charge >= 0.3 is 0 Å². The minimum absolute atomic E-state index is 0.0213. The molecule has 3 rings (SSSR count). The van der Waals surface area contributed by atoms with Crippen molar-refractivity contribution in [3.63, 3.8) is 0 Å². The van der Waals surface area contributed by atoms with Crippen LogP contribution >= 0.6 is 11.8 Å². The Balaban J connectivity index is 1.63. The van der Waals surface area contributed by atoms with E-state index in [1.54, 1.807) is 11.8 Å². The average Bonchev–Trinajstić information content (AvgIpc) is 3.00. The summed E-state index contributed by atoms with van der Waals surface area (Å²) in [7, 11) is 0. The Morgan fingerprint density at radius 2 is 2.38 bits per heavy atom. The van der Waals surface area contributed by atoms with Crippen molar-refractivity contribution < 1.29 is 14.3 Å². The highest BCUT2D eigenvalue weighted by Crippen LogP contribution is 2.35. The van der Waals surface area contributed by atoms with Crippen LogP contribution in [0, 0.1) is 0 Å². The number of amides is 2. The van der Waals surface area contributed by atoms with Gasteiger partial charge in [0.15, 0.2) is 0 Å². The van der Waals surface area contributed by atoms with Gasteiger partial charge in [0, 0.05) is 18.0 Å². The molecule has 6 heteroatoms. The second-order valence-corrected chi connectivity index (χ2v) is 6.68. The molecule has 2 aliphatic rings. The first-order chi connectivity index (χ1) is 10.1. The average molecular weight is 306 g/mol. The number of fused-ring (bicyclic) bond motifs is 1. The minimum atomic E-state index is -0.307. The largest absolute Gasteiger partial charge is 0.368 e. The molecule has 1 aromatic rings. The molecule has 112 valence electrons. The van der Waals surface area contributed by atoms with E-state index in [9.17, 15) is 9.59 Å². The molecule has 1 saturated heterocycles. The maximum atomic E-state index is 11.9. The SMILES string of the molecule is CC1Sc2ccc(CNC(=O)C3CCCO3)cc2NC1=O. The highest BCUT2D eigenvalue weighted by atomic mass is 32.2. The lowest BCUT2D eigenvalue weighted by atomic mass is 10.1. The van der Waals surface area contributed by atoms with E-state index in [2.05, 4.69) is 10.6 Å². The maximum absolute atomic E-state index is 11.9. The molecule has 2 heterocycles. The lowest BCUT2D eigenvalue weighted by Gasteiger charge is -2.22. The van der Waals surface area contributed by atoms with Crippen LogP contribution in [0.2, 0.25) is 0 Å². The fourth-order valence-electron chi connectivity index (χ4n) is 2.45. The zero-order valence-corrected chi connectivity index (χ0v) is 12.7. The predicted octanol–water partition coefficient (Wildman–Crippen LogP) is 1.91. The van der Waals surface area contributed by atoms with Crippen molar-refractivity contribution in [2.45, 2.75) is 42.6 Å². The van der Waals surface area contributed by atoms with Crippen LogP contribution in [0.3, 0.4) is 0 Å². The van der Waals surface area contributed by atoms with Crippen LogP contribution in [0.25, 0.3) is 0 Å². The normalized spacial score (nSPS) is 24.3. The molecule has 1 aromatic carbocycles. The Hall–Kier alpha value is -1.53. The van der Waals surface area contributed by atoms with Crippen LogP contribution in [0.4, 0.5) is 5.69 Å². The topological polar surface area (TPSA) is 67.4 Å². The van der Waals surface area contributed by atoms with Gasteiger partial charge in [-0.3, -0.25) is 9.59 Å². The molecular weight excluding hydrogens is 288 g/mol. The monoisotopic (exact) mass is 306 g/mol. The third-order valence-electron chi connectivity index (χ3n) is 3.66. The first-order valence-electron chi connectivity index (χ1n) is 7.13. The van der Waals surface area contributed by atoms with E-state index in [0.717, 1.165) is 29.0 Å². The number of carbonyl (C=O) groups is 2. The fraction of sp³-hybridized carbons (Fsp3) is 0.467. The molecule has 0 aromatic heterocycles. The lowest BCUT2D eigenvalue weighted by Crippen LogP contribution is -2.33. The van der Waals surface area contributed by atoms with Crippen molar-refractivity contribution in [2.75, 3.05) is 11.9 Å². The molecule has 2 unspecified atom stereocenters. The Morgan fingerprint density at radius 3 is 3.14 bits per heavy atom. The number of nitrogens with one attached hydrogen (secondary N) is 2. The molecule has 0 radical (unpaired) electrons. The Morgan fingerprint density at radius 1 is 1.52 bits per heavy atom. The van der Waals surface area contributed by atoms with Gasteiger partial charge in [0.2, 0.25) is 11.8 Å². The lowest BCUT2D eigenvalue weighted by molar-refractivity contribution is -0.130. The van der Waals surface area contributed by atoms with Crippen LogP contribution in [0.1, 0.15) is 25.3 Å². The summed E-state index contributed by atoms with van der Waals surface area (Å²) in [6, 6.07) is 5.89. The molecule has 0 aliphatic carbocycles. The molecule has 2 atom stereocenters. The van der Waals surface area contributed by atoms with Gasteiger partial charge < -0.3 is 15.4 Å². The number of rotatable bonds is 3. The smallest absolute Gasteiger partial charge is 0.249 e. The van der Waals surface area contributed by atoms with Gasteiger partial charge in [0.05, 0.1) is 10.9 Å². The van der Waals surface area contributed by atoms with Gasteiger partial charge in [0.1, 0.15) is 6.10 Å². The van der Waals surface area contributed by atoms with Crippen molar-refractivity contribution in [1.29, 1.82) is 0 Å². The molecule has 2 amide bonds. The van der Waals surface area contributed by atoms with E-state index in [1.165, 1.54) is 0 Å². The number of carbonyl (C=O) groups excluding carboxylic acids is 2. The first kappa shape index (κ1) is 14.4. The third-order valence-corrected chi connectivity index (χ3v) is 4.84. The van der Waals surface area contributed by atoms with Crippen molar-refractivity contribution in [3.8, 4) is 0 Å². The van der Waals surface area contributed by atoms with Crippen molar-refractivity contribution >= 4 is 29.3 Å². The summed E-state index contributed by atoms with van der Waals surface area (Å²) < 4.78 is 5.35. The van der Waals surface area contributed by atoms with Gasteiger partial charge in [-0.1, -0.05) is 6.07 Å². The first-order valence-corrected chi connectivity index (χ1v) is 8.01. The van der Waals surface area contributed by atoms with Gasteiger partial charge in [-0.15, -0.1) is 11.8 Å². The highest BCUT2D eigenvalue weighted by Gasteiger charge is 2.24. The summed E-state index contributed by atoms with van der Waals surface area (Å²) in [6.07, 6.45) is 1.43. The molecule has 0 bridgehead atoms. The number of ether oxygens (including phenoxy) is 1. The van der Waals surface area contributed by atoms with E-state index in [0.29, 0.717) is 13.2 Å². The Bertz CT molecular complexity index is 570. The molecule has 1 fully saturated rings. The maximum Gasteiger partial charge on any atom is 0.249 e. The Labute approximate surface area is 127 Å². The van der Waals surface area contributed by atoms with E-state index in [4.69, 9.17) is 4.74 Å².